The first-order valence-corrected chi connectivity index (χ1v) is 5.93. The fourth-order valence-electron chi connectivity index (χ4n) is 2.46. The molecule has 1 aliphatic rings. The molecular formula is C13H16F3N. The molecule has 1 aromatic rings. The lowest BCUT2D eigenvalue weighted by Gasteiger charge is -2.36. The Hall–Kier alpha value is -1.03. The molecule has 0 spiro atoms. The number of nitrogens with one attached hydrogen (secondary N) is 1. The lowest BCUT2D eigenvalue weighted by molar-refractivity contribution is -0.202. The highest BCUT2D eigenvalue weighted by Gasteiger charge is 2.55. The van der Waals surface area contributed by atoms with Crippen molar-refractivity contribution in [3.8, 4) is 0 Å². The summed E-state index contributed by atoms with van der Waals surface area (Å²) >= 11 is 0. The number of rotatable bonds is 1. The molecule has 4 heteroatoms. The fraction of sp³-hybridized carbons (Fsp3) is 0.538. The van der Waals surface area contributed by atoms with E-state index in [1.165, 1.54) is 0 Å². The molecule has 1 aliphatic heterocycles. The topological polar surface area (TPSA) is 12.0 Å². The van der Waals surface area contributed by atoms with Crippen LogP contribution in [-0.2, 0) is 5.54 Å². The van der Waals surface area contributed by atoms with Gasteiger partial charge in [0.05, 0.1) is 0 Å². The van der Waals surface area contributed by atoms with Crippen molar-refractivity contribution in [1.82, 2.24) is 5.32 Å². The standard InChI is InChI=1S/C13H16F3N/c14-13(15,16)12(9-5-2-6-10-17-12)11-7-3-1-4-8-11/h1,3-4,7-8,17H,2,5-6,9-10H2. The minimum atomic E-state index is -4.25. The minimum absolute atomic E-state index is 0.126. The van der Waals surface area contributed by atoms with Gasteiger partial charge in [0.25, 0.3) is 0 Å². The van der Waals surface area contributed by atoms with Crippen molar-refractivity contribution in [2.45, 2.75) is 37.4 Å². The van der Waals surface area contributed by atoms with E-state index in [9.17, 15) is 13.2 Å². The van der Waals surface area contributed by atoms with Crippen LogP contribution < -0.4 is 5.32 Å². The van der Waals surface area contributed by atoms with E-state index in [2.05, 4.69) is 5.32 Å². The molecule has 0 aliphatic carbocycles. The van der Waals surface area contributed by atoms with E-state index in [1.54, 1.807) is 30.3 Å². The first kappa shape index (κ1) is 12.4. The van der Waals surface area contributed by atoms with Gasteiger partial charge in [-0.1, -0.05) is 43.2 Å². The zero-order chi connectivity index (χ0) is 12.4. The van der Waals surface area contributed by atoms with Crippen molar-refractivity contribution < 1.29 is 13.2 Å². The zero-order valence-corrected chi connectivity index (χ0v) is 9.56. The van der Waals surface area contributed by atoms with E-state index in [0.717, 1.165) is 12.8 Å². The summed E-state index contributed by atoms with van der Waals surface area (Å²) in [5.41, 5.74) is -1.53. The molecule has 1 aromatic carbocycles. The van der Waals surface area contributed by atoms with E-state index in [-0.39, 0.29) is 6.42 Å². The molecule has 1 atom stereocenters. The van der Waals surface area contributed by atoms with E-state index in [4.69, 9.17) is 0 Å². The van der Waals surface area contributed by atoms with Gasteiger partial charge in [0.2, 0.25) is 0 Å². The molecule has 2 rings (SSSR count). The minimum Gasteiger partial charge on any atom is -0.300 e. The van der Waals surface area contributed by atoms with Crippen molar-refractivity contribution in [1.29, 1.82) is 0 Å². The quantitative estimate of drug-likeness (QED) is 0.794. The second-order valence-electron chi connectivity index (χ2n) is 4.51. The lowest BCUT2D eigenvalue weighted by Crippen LogP contribution is -2.53. The van der Waals surface area contributed by atoms with Crippen LogP contribution in [0.15, 0.2) is 30.3 Å². The molecule has 0 amide bonds. The van der Waals surface area contributed by atoms with Crippen molar-refractivity contribution in [3.63, 3.8) is 0 Å². The normalized spacial score (nSPS) is 26.5. The summed E-state index contributed by atoms with van der Waals surface area (Å²) in [6.07, 6.45) is -1.84. The summed E-state index contributed by atoms with van der Waals surface area (Å²) in [4.78, 5) is 0. The van der Waals surface area contributed by atoms with Gasteiger partial charge in [0.1, 0.15) is 5.54 Å². The van der Waals surface area contributed by atoms with Gasteiger partial charge in [-0.15, -0.1) is 0 Å². The molecule has 1 nitrogen and oxygen atoms in total. The van der Waals surface area contributed by atoms with E-state index in [0.29, 0.717) is 18.5 Å². The van der Waals surface area contributed by atoms with Gasteiger partial charge in [0, 0.05) is 0 Å². The molecular weight excluding hydrogens is 227 g/mol. The van der Waals surface area contributed by atoms with Crippen LogP contribution in [0.1, 0.15) is 31.2 Å². The van der Waals surface area contributed by atoms with E-state index in [1.807, 2.05) is 0 Å². The SMILES string of the molecule is FC(F)(F)C1(c2ccccc2)CCCCCN1. The number of halogens is 3. The van der Waals surface area contributed by atoms with Crippen LogP contribution in [0.4, 0.5) is 13.2 Å². The van der Waals surface area contributed by atoms with Crippen molar-refractivity contribution in [3.05, 3.63) is 35.9 Å². The van der Waals surface area contributed by atoms with Crippen LogP contribution in [0, 0.1) is 0 Å². The Balaban J connectivity index is 2.43. The number of benzene rings is 1. The molecule has 1 saturated heterocycles. The van der Waals surface area contributed by atoms with Crippen LogP contribution >= 0.6 is 0 Å². The molecule has 1 fully saturated rings. The van der Waals surface area contributed by atoms with Gasteiger partial charge in [-0.05, 0) is 24.9 Å². The molecule has 1 unspecified atom stereocenters. The maximum absolute atomic E-state index is 13.4. The Morgan fingerprint density at radius 2 is 1.71 bits per heavy atom. The van der Waals surface area contributed by atoms with E-state index < -0.39 is 11.7 Å². The van der Waals surface area contributed by atoms with Crippen LogP contribution in [0.2, 0.25) is 0 Å². The molecule has 0 aromatic heterocycles. The lowest BCUT2D eigenvalue weighted by atomic mass is 9.85. The summed E-state index contributed by atoms with van der Waals surface area (Å²) in [6, 6.07) is 8.19. The average molecular weight is 243 g/mol. The van der Waals surface area contributed by atoms with Crippen LogP contribution in [0.5, 0.6) is 0 Å². The molecule has 1 heterocycles. The second kappa shape index (κ2) is 4.69. The molecule has 17 heavy (non-hydrogen) atoms. The number of hydrogen-bond acceptors (Lipinski definition) is 1. The second-order valence-corrected chi connectivity index (χ2v) is 4.51. The van der Waals surface area contributed by atoms with Gasteiger partial charge in [-0.25, -0.2) is 0 Å². The Morgan fingerprint density at radius 3 is 2.35 bits per heavy atom. The molecule has 94 valence electrons. The predicted molar refractivity (Wildman–Crippen MR) is 60.6 cm³/mol. The zero-order valence-electron chi connectivity index (χ0n) is 9.56. The summed E-state index contributed by atoms with van der Waals surface area (Å²) in [6.45, 7) is 0.425. The Kier molecular flexibility index (Phi) is 3.43. The van der Waals surface area contributed by atoms with Crippen LogP contribution in [-0.4, -0.2) is 12.7 Å². The maximum Gasteiger partial charge on any atom is 0.410 e. The average Bonchev–Trinajstić information content (AvgIpc) is 2.55. The van der Waals surface area contributed by atoms with Crippen molar-refractivity contribution in [2.24, 2.45) is 0 Å². The first-order chi connectivity index (χ1) is 8.06. The monoisotopic (exact) mass is 243 g/mol. The summed E-state index contributed by atoms with van der Waals surface area (Å²) in [5, 5.41) is 2.73. The predicted octanol–water partition coefficient (Wildman–Crippen LogP) is 3.61. The Morgan fingerprint density at radius 1 is 1.00 bits per heavy atom. The third kappa shape index (κ3) is 2.32. The number of alkyl halides is 3. The maximum atomic E-state index is 13.4. The molecule has 1 N–H and O–H groups in total. The molecule has 0 radical (unpaired) electrons. The highest BCUT2D eigenvalue weighted by molar-refractivity contribution is 5.27. The van der Waals surface area contributed by atoms with Gasteiger partial charge in [-0.3, -0.25) is 5.32 Å². The third-order valence-corrected chi connectivity index (χ3v) is 3.41. The van der Waals surface area contributed by atoms with Gasteiger partial charge in [0.15, 0.2) is 0 Å². The largest absolute Gasteiger partial charge is 0.410 e. The van der Waals surface area contributed by atoms with Crippen molar-refractivity contribution >= 4 is 0 Å². The smallest absolute Gasteiger partial charge is 0.300 e. The fourth-order valence-corrected chi connectivity index (χ4v) is 2.46. The number of hydrogen-bond donors (Lipinski definition) is 1. The molecule has 0 saturated carbocycles. The first-order valence-electron chi connectivity index (χ1n) is 5.93. The van der Waals surface area contributed by atoms with E-state index >= 15 is 0 Å². The summed E-state index contributed by atoms with van der Waals surface area (Å²) in [5.74, 6) is 0. The Bertz CT molecular complexity index is 351. The highest BCUT2D eigenvalue weighted by Crippen LogP contribution is 2.43. The van der Waals surface area contributed by atoms with Gasteiger partial charge in [-0.2, -0.15) is 13.2 Å². The summed E-state index contributed by atoms with van der Waals surface area (Å²) < 4.78 is 40.2. The van der Waals surface area contributed by atoms with Crippen LogP contribution in [0.3, 0.4) is 0 Å². The highest BCUT2D eigenvalue weighted by atomic mass is 19.4. The molecule has 0 bridgehead atoms. The Labute approximate surface area is 99.0 Å². The third-order valence-electron chi connectivity index (χ3n) is 3.41. The van der Waals surface area contributed by atoms with Crippen LogP contribution in [0.25, 0.3) is 0 Å². The van der Waals surface area contributed by atoms with Crippen molar-refractivity contribution in [2.75, 3.05) is 6.54 Å². The summed E-state index contributed by atoms with van der Waals surface area (Å²) in [7, 11) is 0. The van der Waals surface area contributed by atoms with Gasteiger partial charge >= 0.3 is 6.18 Å². The van der Waals surface area contributed by atoms with Gasteiger partial charge < -0.3 is 0 Å².